The summed E-state index contributed by atoms with van der Waals surface area (Å²) in [6, 6.07) is -0.427. The van der Waals surface area contributed by atoms with Gasteiger partial charge in [0.15, 0.2) is 5.82 Å². The van der Waals surface area contributed by atoms with Crippen molar-refractivity contribution in [3.63, 3.8) is 0 Å². The minimum atomic E-state index is -0.775. The Morgan fingerprint density at radius 1 is 1.80 bits per heavy atom. The van der Waals surface area contributed by atoms with Crippen LogP contribution in [0, 0.1) is 5.92 Å². The zero-order valence-corrected chi connectivity index (χ0v) is 8.46. The molecule has 0 saturated carbocycles. The van der Waals surface area contributed by atoms with Gasteiger partial charge in [-0.25, -0.2) is 0 Å². The second-order valence-corrected chi connectivity index (χ2v) is 3.87. The van der Waals surface area contributed by atoms with Crippen LogP contribution in [0.15, 0.2) is 10.9 Å². The fourth-order valence-corrected chi connectivity index (χ4v) is 2.05. The maximum absolute atomic E-state index is 11.0. The highest BCUT2D eigenvalue weighted by Gasteiger charge is 2.36. The van der Waals surface area contributed by atoms with Gasteiger partial charge in [-0.15, -0.1) is 0 Å². The number of hydrogen-bond donors (Lipinski definition) is 1. The summed E-state index contributed by atoms with van der Waals surface area (Å²) in [5.74, 6) is -0.0618. The Bertz CT molecular complexity index is 338. The first-order chi connectivity index (χ1) is 7.18. The van der Waals surface area contributed by atoms with Crippen LogP contribution in [0.2, 0.25) is 0 Å². The molecule has 2 rings (SSSR count). The molecule has 6 nitrogen and oxygen atoms in total. The van der Waals surface area contributed by atoms with Crippen molar-refractivity contribution in [1.82, 2.24) is 15.0 Å². The SMILES string of the molecule is CC1CCN(Cc2ncon2)C1C(=O)O. The normalized spacial score (nSPS) is 27.0. The molecule has 82 valence electrons. The van der Waals surface area contributed by atoms with Crippen LogP contribution < -0.4 is 0 Å². The van der Waals surface area contributed by atoms with Crippen LogP contribution in [-0.4, -0.2) is 38.7 Å². The van der Waals surface area contributed by atoms with Crippen LogP contribution >= 0.6 is 0 Å². The third-order valence-electron chi connectivity index (χ3n) is 2.81. The van der Waals surface area contributed by atoms with Gasteiger partial charge in [0.25, 0.3) is 0 Å². The number of hydrogen-bond acceptors (Lipinski definition) is 5. The van der Waals surface area contributed by atoms with Crippen molar-refractivity contribution in [1.29, 1.82) is 0 Å². The highest BCUT2D eigenvalue weighted by atomic mass is 16.5. The van der Waals surface area contributed by atoms with Crippen molar-refractivity contribution in [2.24, 2.45) is 5.92 Å². The van der Waals surface area contributed by atoms with E-state index in [0.29, 0.717) is 12.4 Å². The minimum Gasteiger partial charge on any atom is -0.480 e. The Morgan fingerprint density at radius 3 is 3.20 bits per heavy atom. The van der Waals surface area contributed by atoms with Crippen molar-refractivity contribution in [2.45, 2.75) is 25.9 Å². The van der Waals surface area contributed by atoms with E-state index in [1.54, 1.807) is 0 Å². The monoisotopic (exact) mass is 211 g/mol. The Labute approximate surface area is 86.9 Å². The van der Waals surface area contributed by atoms with E-state index in [1.165, 1.54) is 6.39 Å². The van der Waals surface area contributed by atoms with E-state index in [9.17, 15) is 4.79 Å². The molecule has 0 aromatic carbocycles. The molecule has 0 radical (unpaired) electrons. The molecule has 2 heterocycles. The molecule has 0 bridgehead atoms. The lowest BCUT2D eigenvalue weighted by Crippen LogP contribution is -2.38. The van der Waals surface area contributed by atoms with E-state index in [1.807, 2.05) is 11.8 Å². The van der Waals surface area contributed by atoms with E-state index < -0.39 is 12.0 Å². The third kappa shape index (κ3) is 1.99. The molecule has 1 aliphatic heterocycles. The van der Waals surface area contributed by atoms with Gasteiger partial charge in [0.05, 0.1) is 6.54 Å². The number of likely N-dealkylation sites (tertiary alicyclic amines) is 1. The van der Waals surface area contributed by atoms with Crippen LogP contribution in [0.25, 0.3) is 0 Å². The molecule has 0 aliphatic carbocycles. The molecular weight excluding hydrogens is 198 g/mol. The Hall–Kier alpha value is -1.43. The van der Waals surface area contributed by atoms with Gasteiger partial charge in [0, 0.05) is 0 Å². The van der Waals surface area contributed by atoms with Gasteiger partial charge in [-0.3, -0.25) is 9.69 Å². The number of carbonyl (C=O) groups is 1. The summed E-state index contributed by atoms with van der Waals surface area (Å²) < 4.78 is 4.61. The van der Waals surface area contributed by atoms with Gasteiger partial charge in [-0.2, -0.15) is 4.98 Å². The maximum atomic E-state index is 11.0. The zero-order chi connectivity index (χ0) is 10.8. The van der Waals surface area contributed by atoms with Crippen molar-refractivity contribution in [3.05, 3.63) is 12.2 Å². The lowest BCUT2D eigenvalue weighted by molar-refractivity contribution is -0.143. The molecule has 15 heavy (non-hydrogen) atoms. The quantitative estimate of drug-likeness (QED) is 0.777. The molecule has 6 heteroatoms. The highest BCUT2D eigenvalue weighted by Crippen LogP contribution is 2.25. The first-order valence-electron chi connectivity index (χ1n) is 4.90. The fourth-order valence-electron chi connectivity index (χ4n) is 2.05. The predicted molar refractivity (Wildman–Crippen MR) is 49.9 cm³/mol. The summed E-state index contributed by atoms with van der Waals surface area (Å²) in [4.78, 5) is 16.8. The molecule has 1 aromatic rings. The number of rotatable bonds is 3. The first-order valence-corrected chi connectivity index (χ1v) is 4.90. The second-order valence-electron chi connectivity index (χ2n) is 3.87. The Kier molecular flexibility index (Phi) is 2.68. The highest BCUT2D eigenvalue weighted by molar-refractivity contribution is 5.74. The smallest absolute Gasteiger partial charge is 0.321 e. The molecule has 0 spiro atoms. The van der Waals surface area contributed by atoms with Crippen LogP contribution in [0.1, 0.15) is 19.2 Å². The summed E-state index contributed by atoms with van der Waals surface area (Å²) in [6.07, 6.45) is 2.15. The number of carboxylic acids is 1. The summed E-state index contributed by atoms with van der Waals surface area (Å²) in [5.41, 5.74) is 0. The third-order valence-corrected chi connectivity index (χ3v) is 2.81. The van der Waals surface area contributed by atoms with Crippen LogP contribution in [0.4, 0.5) is 0 Å². The second kappa shape index (κ2) is 3.98. The van der Waals surface area contributed by atoms with Gasteiger partial charge in [0.2, 0.25) is 6.39 Å². The van der Waals surface area contributed by atoms with Crippen molar-refractivity contribution < 1.29 is 14.4 Å². The molecule has 1 aromatic heterocycles. The van der Waals surface area contributed by atoms with Crippen molar-refractivity contribution >= 4 is 5.97 Å². The topological polar surface area (TPSA) is 79.5 Å². The number of aromatic nitrogens is 2. The summed E-state index contributed by atoms with van der Waals surface area (Å²) in [6.45, 7) is 3.17. The van der Waals surface area contributed by atoms with Gasteiger partial charge in [-0.05, 0) is 18.9 Å². The molecule has 2 atom stereocenters. The minimum absolute atomic E-state index is 0.175. The van der Waals surface area contributed by atoms with Crippen molar-refractivity contribution in [2.75, 3.05) is 6.54 Å². The molecule has 1 aliphatic rings. The average molecular weight is 211 g/mol. The molecule has 1 saturated heterocycles. The Morgan fingerprint density at radius 2 is 2.60 bits per heavy atom. The lowest BCUT2D eigenvalue weighted by atomic mass is 10.0. The van der Waals surface area contributed by atoms with E-state index in [2.05, 4.69) is 14.7 Å². The van der Waals surface area contributed by atoms with Gasteiger partial charge < -0.3 is 9.63 Å². The van der Waals surface area contributed by atoms with Crippen LogP contribution in [0.5, 0.6) is 0 Å². The number of nitrogens with zero attached hydrogens (tertiary/aromatic N) is 3. The summed E-state index contributed by atoms with van der Waals surface area (Å²) in [5, 5.41) is 12.8. The predicted octanol–water partition coefficient (Wildman–Crippen LogP) is 0.365. The zero-order valence-electron chi connectivity index (χ0n) is 8.46. The van der Waals surface area contributed by atoms with E-state index >= 15 is 0 Å². The molecular formula is C9H13N3O3. The lowest BCUT2D eigenvalue weighted by Gasteiger charge is -2.21. The number of aliphatic carboxylic acids is 1. The molecule has 2 unspecified atom stereocenters. The Balaban J connectivity index is 2.06. The van der Waals surface area contributed by atoms with Crippen LogP contribution in [0.3, 0.4) is 0 Å². The average Bonchev–Trinajstić information content (AvgIpc) is 2.76. The van der Waals surface area contributed by atoms with Gasteiger partial charge in [0.1, 0.15) is 6.04 Å². The largest absolute Gasteiger partial charge is 0.480 e. The van der Waals surface area contributed by atoms with E-state index in [-0.39, 0.29) is 5.92 Å². The summed E-state index contributed by atoms with van der Waals surface area (Å²) in [7, 11) is 0. The van der Waals surface area contributed by atoms with Gasteiger partial charge >= 0.3 is 5.97 Å². The van der Waals surface area contributed by atoms with Crippen LogP contribution in [-0.2, 0) is 11.3 Å². The summed E-state index contributed by atoms with van der Waals surface area (Å²) >= 11 is 0. The molecule has 1 fully saturated rings. The molecule has 1 N–H and O–H groups in total. The van der Waals surface area contributed by atoms with Crippen molar-refractivity contribution in [3.8, 4) is 0 Å². The van der Waals surface area contributed by atoms with E-state index in [4.69, 9.17) is 5.11 Å². The van der Waals surface area contributed by atoms with E-state index in [0.717, 1.165) is 13.0 Å². The first kappa shape index (κ1) is 10.1. The number of carboxylic acid groups (broad SMARTS) is 1. The van der Waals surface area contributed by atoms with Gasteiger partial charge in [-0.1, -0.05) is 12.1 Å². The maximum Gasteiger partial charge on any atom is 0.321 e. The standard InChI is InChI=1S/C9H13N3O3/c1-6-2-3-12(8(6)9(13)14)4-7-10-5-15-11-7/h5-6,8H,2-4H2,1H3,(H,13,14). The fraction of sp³-hybridized carbons (Fsp3) is 0.667. The molecule has 0 amide bonds.